The molecule has 1 aromatic heterocycles. The SMILES string of the molecule is Cc1nc(N)ccc1CNC(=O)C(Cc1ccc(F)c(F)c1)NC(=O)CN1C(C)CCCC1C. The van der Waals surface area contributed by atoms with E-state index in [1.807, 2.05) is 0 Å². The molecule has 0 bridgehead atoms. The van der Waals surface area contributed by atoms with Crippen LogP contribution < -0.4 is 16.4 Å². The second-order valence-electron chi connectivity index (χ2n) is 9.07. The van der Waals surface area contributed by atoms with Crippen LogP contribution in [0.25, 0.3) is 0 Å². The number of likely N-dealkylation sites (tertiary alicyclic amines) is 1. The number of anilines is 1. The van der Waals surface area contributed by atoms with Crippen molar-refractivity contribution >= 4 is 17.6 Å². The summed E-state index contributed by atoms with van der Waals surface area (Å²) in [7, 11) is 0. The van der Waals surface area contributed by atoms with Crippen molar-refractivity contribution in [3.8, 4) is 0 Å². The summed E-state index contributed by atoms with van der Waals surface area (Å²) < 4.78 is 27.1. The zero-order chi connectivity index (χ0) is 24.8. The van der Waals surface area contributed by atoms with E-state index in [1.165, 1.54) is 6.07 Å². The number of halogens is 2. The first-order valence-electron chi connectivity index (χ1n) is 11.6. The highest BCUT2D eigenvalue weighted by Gasteiger charge is 2.28. The van der Waals surface area contributed by atoms with Crippen molar-refractivity contribution in [2.24, 2.45) is 0 Å². The number of rotatable bonds is 8. The number of nitrogens with two attached hydrogens (primary N) is 1. The Balaban J connectivity index is 1.71. The Kier molecular flexibility index (Phi) is 8.55. The Morgan fingerprint density at radius 1 is 1.15 bits per heavy atom. The topological polar surface area (TPSA) is 100 Å². The Labute approximate surface area is 199 Å². The number of amides is 2. The molecule has 1 saturated heterocycles. The van der Waals surface area contributed by atoms with Crippen LogP contribution in [0, 0.1) is 18.6 Å². The third-order valence-electron chi connectivity index (χ3n) is 6.45. The Hall–Kier alpha value is -3.07. The van der Waals surface area contributed by atoms with Gasteiger partial charge in [-0.1, -0.05) is 18.6 Å². The number of aromatic nitrogens is 1. The number of hydrogen-bond acceptors (Lipinski definition) is 5. The fourth-order valence-corrected chi connectivity index (χ4v) is 4.41. The van der Waals surface area contributed by atoms with Crippen molar-refractivity contribution in [3.05, 3.63) is 58.8 Å². The molecule has 0 radical (unpaired) electrons. The quantitative estimate of drug-likeness (QED) is 0.548. The van der Waals surface area contributed by atoms with Gasteiger partial charge in [0, 0.05) is 30.7 Å². The average molecular weight is 474 g/mol. The van der Waals surface area contributed by atoms with E-state index < -0.39 is 23.6 Å². The lowest BCUT2D eigenvalue weighted by Crippen LogP contribution is -2.53. The molecule has 1 aliphatic rings. The van der Waals surface area contributed by atoms with E-state index in [4.69, 9.17) is 5.73 Å². The largest absolute Gasteiger partial charge is 0.384 e. The number of pyridine rings is 1. The van der Waals surface area contributed by atoms with Crippen molar-refractivity contribution in [2.45, 2.75) is 71.1 Å². The molecule has 1 aromatic carbocycles. The summed E-state index contributed by atoms with van der Waals surface area (Å²) in [5.41, 5.74) is 7.57. The number of nitrogens with zero attached hydrogens (tertiary/aromatic N) is 2. The van der Waals surface area contributed by atoms with Gasteiger partial charge in [0.25, 0.3) is 0 Å². The van der Waals surface area contributed by atoms with Crippen molar-refractivity contribution < 1.29 is 18.4 Å². The second-order valence-corrected chi connectivity index (χ2v) is 9.07. The fourth-order valence-electron chi connectivity index (χ4n) is 4.41. The Morgan fingerprint density at radius 3 is 2.50 bits per heavy atom. The zero-order valence-electron chi connectivity index (χ0n) is 19.9. The molecule has 184 valence electrons. The summed E-state index contributed by atoms with van der Waals surface area (Å²) in [4.78, 5) is 32.3. The molecule has 0 aliphatic carbocycles. The van der Waals surface area contributed by atoms with Crippen molar-refractivity contribution in [3.63, 3.8) is 0 Å². The van der Waals surface area contributed by atoms with Gasteiger partial charge in [-0.3, -0.25) is 14.5 Å². The van der Waals surface area contributed by atoms with Gasteiger partial charge in [-0.2, -0.15) is 0 Å². The molecule has 7 nitrogen and oxygen atoms in total. The number of nitrogen functional groups attached to an aromatic ring is 1. The lowest BCUT2D eigenvalue weighted by atomic mass is 9.97. The van der Waals surface area contributed by atoms with Crippen LogP contribution in [0.15, 0.2) is 30.3 Å². The highest BCUT2D eigenvalue weighted by Crippen LogP contribution is 2.22. The summed E-state index contributed by atoms with van der Waals surface area (Å²) in [5, 5.41) is 5.62. The summed E-state index contributed by atoms with van der Waals surface area (Å²) in [6.07, 6.45) is 3.19. The van der Waals surface area contributed by atoms with Crippen LogP contribution in [0.5, 0.6) is 0 Å². The first-order valence-corrected chi connectivity index (χ1v) is 11.6. The first-order chi connectivity index (χ1) is 16.1. The lowest BCUT2D eigenvalue weighted by Gasteiger charge is -2.38. The van der Waals surface area contributed by atoms with Crippen molar-refractivity contribution in [1.82, 2.24) is 20.5 Å². The van der Waals surface area contributed by atoms with Crippen LogP contribution in [-0.2, 0) is 22.6 Å². The van der Waals surface area contributed by atoms with Gasteiger partial charge < -0.3 is 16.4 Å². The monoisotopic (exact) mass is 473 g/mol. The second kappa shape index (κ2) is 11.4. The van der Waals surface area contributed by atoms with Crippen LogP contribution in [0.1, 0.15) is 49.9 Å². The number of benzene rings is 1. The van der Waals surface area contributed by atoms with Crippen LogP contribution in [0.2, 0.25) is 0 Å². The van der Waals surface area contributed by atoms with E-state index in [0.717, 1.165) is 37.0 Å². The van der Waals surface area contributed by atoms with E-state index >= 15 is 0 Å². The van der Waals surface area contributed by atoms with E-state index in [9.17, 15) is 18.4 Å². The number of carbonyl (C=O) groups excluding carboxylic acids is 2. The first kappa shape index (κ1) is 25.6. The lowest BCUT2D eigenvalue weighted by molar-refractivity contribution is -0.130. The maximum absolute atomic E-state index is 13.7. The van der Waals surface area contributed by atoms with Crippen LogP contribution in [0.3, 0.4) is 0 Å². The third kappa shape index (κ3) is 6.72. The van der Waals surface area contributed by atoms with Gasteiger partial charge in [0.1, 0.15) is 11.9 Å². The highest BCUT2D eigenvalue weighted by atomic mass is 19.2. The minimum atomic E-state index is -0.998. The Morgan fingerprint density at radius 2 is 1.85 bits per heavy atom. The van der Waals surface area contributed by atoms with Gasteiger partial charge in [0.05, 0.1) is 6.54 Å². The van der Waals surface area contributed by atoms with E-state index in [1.54, 1.807) is 19.1 Å². The van der Waals surface area contributed by atoms with Crippen LogP contribution in [0.4, 0.5) is 14.6 Å². The molecule has 3 unspecified atom stereocenters. The molecular formula is C25H33F2N5O2. The van der Waals surface area contributed by atoms with E-state index in [2.05, 4.69) is 34.4 Å². The minimum Gasteiger partial charge on any atom is -0.384 e. The molecule has 1 fully saturated rings. The van der Waals surface area contributed by atoms with Crippen molar-refractivity contribution in [1.29, 1.82) is 0 Å². The summed E-state index contributed by atoms with van der Waals surface area (Å²) in [5.74, 6) is -2.28. The van der Waals surface area contributed by atoms with E-state index in [0.29, 0.717) is 17.1 Å². The van der Waals surface area contributed by atoms with Crippen LogP contribution in [-0.4, -0.2) is 46.4 Å². The van der Waals surface area contributed by atoms with E-state index in [-0.39, 0.29) is 37.5 Å². The predicted molar refractivity (Wildman–Crippen MR) is 127 cm³/mol. The number of carbonyl (C=O) groups is 2. The molecule has 1 aliphatic heterocycles. The van der Waals surface area contributed by atoms with Gasteiger partial charge in [-0.25, -0.2) is 13.8 Å². The number of piperidine rings is 1. The molecule has 2 aromatic rings. The molecule has 3 atom stereocenters. The smallest absolute Gasteiger partial charge is 0.243 e. The molecule has 9 heteroatoms. The molecule has 0 saturated carbocycles. The molecule has 0 spiro atoms. The minimum absolute atomic E-state index is 0.0266. The predicted octanol–water partition coefficient (Wildman–Crippen LogP) is 2.86. The molecule has 2 heterocycles. The van der Waals surface area contributed by atoms with Crippen LogP contribution >= 0.6 is 0 Å². The molecular weight excluding hydrogens is 440 g/mol. The van der Waals surface area contributed by atoms with Crippen molar-refractivity contribution in [2.75, 3.05) is 12.3 Å². The highest BCUT2D eigenvalue weighted by molar-refractivity contribution is 5.88. The van der Waals surface area contributed by atoms with Gasteiger partial charge in [-0.05, 0) is 62.9 Å². The number of hydrogen-bond donors (Lipinski definition) is 3. The van der Waals surface area contributed by atoms with Gasteiger partial charge in [-0.15, -0.1) is 0 Å². The van der Waals surface area contributed by atoms with Gasteiger partial charge >= 0.3 is 0 Å². The molecule has 2 amide bonds. The fraction of sp³-hybridized carbons (Fsp3) is 0.480. The third-order valence-corrected chi connectivity index (χ3v) is 6.45. The summed E-state index contributed by atoms with van der Waals surface area (Å²) in [6, 6.07) is 6.49. The number of nitrogens with one attached hydrogen (secondary N) is 2. The number of aryl methyl sites for hydroxylation is 1. The maximum atomic E-state index is 13.7. The molecule has 34 heavy (non-hydrogen) atoms. The standard InChI is InChI=1S/C25H33F2N5O2/c1-15-5-4-6-16(2)32(15)14-24(33)31-22(12-18-7-9-20(26)21(27)11-18)25(34)29-13-19-8-10-23(28)30-17(19)3/h7-11,15-16,22H,4-6,12-14H2,1-3H3,(H2,28,30)(H,29,34)(H,31,33). The molecule has 4 N–H and O–H groups in total. The summed E-state index contributed by atoms with van der Waals surface area (Å²) in [6.45, 7) is 6.35. The Bertz CT molecular complexity index is 1020. The summed E-state index contributed by atoms with van der Waals surface area (Å²) >= 11 is 0. The van der Waals surface area contributed by atoms with Gasteiger partial charge in [0.2, 0.25) is 11.8 Å². The van der Waals surface area contributed by atoms with Gasteiger partial charge in [0.15, 0.2) is 11.6 Å². The average Bonchev–Trinajstić information content (AvgIpc) is 2.77. The maximum Gasteiger partial charge on any atom is 0.243 e. The normalized spacial score (nSPS) is 19.4. The zero-order valence-corrected chi connectivity index (χ0v) is 19.9. The molecule has 3 rings (SSSR count).